The summed E-state index contributed by atoms with van der Waals surface area (Å²) in [5.41, 5.74) is 4.07. The predicted octanol–water partition coefficient (Wildman–Crippen LogP) is 4.07. The van der Waals surface area contributed by atoms with Gasteiger partial charge in [0.25, 0.3) is 0 Å². The average molecular weight is 416 g/mol. The molecule has 1 aliphatic rings. The summed E-state index contributed by atoms with van der Waals surface area (Å²) >= 11 is 1.65. The van der Waals surface area contributed by atoms with E-state index < -0.39 is 16.1 Å². The molecule has 7 heteroatoms. The van der Waals surface area contributed by atoms with E-state index in [4.69, 9.17) is 4.74 Å². The van der Waals surface area contributed by atoms with E-state index in [1.54, 1.807) is 23.5 Å². The molecule has 0 saturated heterocycles. The van der Waals surface area contributed by atoms with Crippen LogP contribution in [-0.4, -0.2) is 26.4 Å². The molecule has 2 N–H and O–H groups in total. The number of aliphatic hydroxyl groups is 1. The van der Waals surface area contributed by atoms with Crippen molar-refractivity contribution in [3.05, 3.63) is 70.4 Å². The lowest BCUT2D eigenvalue weighted by Crippen LogP contribution is -2.27. The summed E-state index contributed by atoms with van der Waals surface area (Å²) in [6, 6.07) is 14.9. The second-order valence-electron chi connectivity index (χ2n) is 7.02. The molecule has 0 spiro atoms. The van der Waals surface area contributed by atoms with Gasteiger partial charge in [0.05, 0.1) is 24.7 Å². The average Bonchev–Trinajstić information content (AvgIpc) is 3.16. The Morgan fingerprint density at radius 3 is 2.79 bits per heavy atom. The molecular formula is C21H21NO4S2. The minimum atomic E-state index is -3.39. The second-order valence-corrected chi connectivity index (χ2v) is 9.55. The van der Waals surface area contributed by atoms with Crippen molar-refractivity contribution in [2.45, 2.75) is 12.5 Å². The number of fused-ring (bicyclic) bond motifs is 1. The number of para-hydroxylation sites is 1. The number of aliphatic hydroxyl groups excluding tert-OH is 1. The number of anilines is 1. The van der Waals surface area contributed by atoms with E-state index in [1.807, 2.05) is 35.7 Å². The molecular weight excluding hydrogens is 394 g/mol. The number of sulfonamides is 1. The van der Waals surface area contributed by atoms with E-state index in [1.165, 1.54) is 5.56 Å². The SMILES string of the molecule is CS(=O)(=O)Nc1ccccc1-c1ccc2c(c1)OCC(Cc1ccsc1)C2O. The van der Waals surface area contributed by atoms with Gasteiger partial charge in [-0.15, -0.1) is 0 Å². The zero-order valence-corrected chi connectivity index (χ0v) is 17.0. The molecule has 0 saturated carbocycles. The lowest BCUT2D eigenvalue weighted by molar-refractivity contribution is 0.0509. The van der Waals surface area contributed by atoms with Gasteiger partial charge in [-0.2, -0.15) is 11.3 Å². The highest BCUT2D eigenvalue weighted by atomic mass is 32.2. The highest BCUT2D eigenvalue weighted by Gasteiger charge is 2.30. The molecule has 2 unspecified atom stereocenters. The lowest BCUT2D eigenvalue weighted by atomic mass is 9.88. The molecule has 2 atom stereocenters. The third kappa shape index (κ3) is 4.06. The van der Waals surface area contributed by atoms with E-state index in [0.717, 1.165) is 29.4 Å². The van der Waals surface area contributed by atoms with Crippen LogP contribution in [0.2, 0.25) is 0 Å². The number of hydrogen-bond donors (Lipinski definition) is 2. The summed E-state index contributed by atoms with van der Waals surface area (Å²) in [4.78, 5) is 0. The number of rotatable bonds is 5. The van der Waals surface area contributed by atoms with Gasteiger partial charge in [0.2, 0.25) is 10.0 Å². The molecule has 2 aromatic carbocycles. The zero-order chi connectivity index (χ0) is 19.7. The minimum Gasteiger partial charge on any atom is -0.493 e. The fraction of sp³-hybridized carbons (Fsp3) is 0.238. The molecule has 0 amide bonds. The molecule has 1 aromatic heterocycles. The van der Waals surface area contributed by atoms with E-state index in [0.29, 0.717) is 18.0 Å². The molecule has 1 aliphatic heterocycles. The van der Waals surface area contributed by atoms with Crippen LogP contribution in [0.1, 0.15) is 17.2 Å². The minimum absolute atomic E-state index is 0.00661. The van der Waals surface area contributed by atoms with Crippen LogP contribution in [0.15, 0.2) is 59.3 Å². The predicted molar refractivity (Wildman–Crippen MR) is 112 cm³/mol. The molecule has 0 radical (unpaired) electrons. The first kappa shape index (κ1) is 19.0. The van der Waals surface area contributed by atoms with Gasteiger partial charge in [0, 0.05) is 17.0 Å². The number of benzene rings is 2. The zero-order valence-electron chi connectivity index (χ0n) is 15.3. The van der Waals surface area contributed by atoms with Crippen LogP contribution < -0.4 is 9.46 Å². The number of hydrogen-bond acceptors (Lipinski definition) is 5. The van der Waals surface area contributed by atoms with Crippen LogP contribution in [0.25, 0.3) is 11.1 Å². The monoisotopic (exact) mass is 415 g/mol. The van der Waals surface area contributed by atoms with E-state index in [2.05, 4.69) is 16.2 Å². The highest BCUT2D eigenvalue weighted by molar-refractivity contribution is 7.92. The van der Waals surface area contributed by atoms with Crippen molar-refractivity contribution in [3.63, 3.8) is 0 Å². The quantitative estimate of drug-likeness (QED) is 0.659. The van der Waals surface area contributed by atoms with Gasteiger partial charge >= 0.3 is 0 Å². The van der Waals surface area contributed by atoms with Crippen molar-refractivity contribution in [1.29, 1.82) is 0 Å². The van der Waals surface area contributed by atoms with Crippen molar-refractivity contribution in [3.8, 4) is 16.9 Å². The Morgan fingerprint density at radius 2 is 2.04 bits per heavy atom. The van der Waals surface area contributed by atoms with Gasteiger partial charge in [-0.25, -0.2) is 8.42 Å². The summed E-state index contributed by atoms with van der Waals surface area (Å²) in [6.07, 6.45) is 1.30. The van der Waals surface area contributed by atoms with Crippen LogP contribution in [0, 0.1) is 5.92 Å². The van der Waals surface area contributed by atoms with Gasteiger partial charge in [0.1, 0.15) is 5.75 Å². The molecule has 4 rings (SSSR count). The maximum Gasteiger partial charge on any atom is 0.229 e. The fourth-order valence-electron chi connectivity index (χ4n) is 3.52. The summed E-state index contributed by atoms with van der Waals surface area (Å²) in [6.45, 7) is 0.441. The molecule has 0 aliphatic carbocycles. The Kier molecular flexibility index (Phi) is 5.14. The largest absolute Gasteiger partial charge is 0.493 e. The van der Waals surface area contributed by atoms with Gasteiger partial charge in [-0.05, 0) is 46.5 Å². The molecule has 0 bridgehead atoms. The molecule has 5 nitrogen and oxygen atoms in total. The molecule has 3 aromatic rings. The van der Waals surface area contributed by atoms with E-state index in [-0.39, 0.29) is 5.92 Å². The van der Waals surface area contributed by atoms with E-state index in [9.17, 15) is 13.5 Å². The maximum atomic E-state index is 11.7. The first-order valence-corrected chi connectivity index (χ1v) is 11.8. The van der Waals surface area contributed by atoms with Gasteiger partial charge in [0.15, 0.2) is 0 Å². The van der Waals surface area contributed by atoms with Crippen LogP contribution in [0.3, 0.4) is 0 Å². The first-order chi connectivity index (χ1) is 13.4. The van der Waals surface area contributed by atoms with Crippen molar-refractivity contribution >= 4 is 27.0 Å². The standard InChI is InChI=1S/C21H21NO4S2/c1-28(24,25)22-19-5-3-2-4-17(19)15-6-7-18-20(11-15)26-12-16(21(18)23)10-14-8-9-27-13-14/h2-9,11,13,16,21-23H,10,12H2,1H3. The Morgan fingerprint density at radius 1 is 1.21 bits per heavy atom. The Hall–Kier alpha value is -2.35. The third-order valence-electron chi connectivity index (χ3n) is 4.84. The molecule has 28 heavy (non-hydrogen) atoms. The Labute approximate surface area is 168 Å². The Bertz CT molecular complexity index is 1080. The lowest BCUT2D eigenvalue weighted by Gasteiger charge is -2.30. The summed E-state index contributed by atoms with van der Waals surface area (Å²) in [5.74, 6) is 0.646. The van der Waals surface area contributed by atoms with Crippen molar-refractivity contribution in [1.82, 2.24) is 0 Å². The van der Waals surface area contributed by atoms with Crippen LogP contribution in [-0.2, 0) is 16.4 Å². The van der Waals surface area contributed by atoms with Crippen LogP contribution in [0.4, 0.5) is 5.69 Å². The number of nitrogens with one attached hydrogen (secondary N) is 1. The van der Waals surface area contributed by atoms with Gasteiger partial charge in [-0.3, -0.25) is 4.72 Å². The van der Waals surface area contributed by atoms with E-state index >= 15 is 0 Å². The first-order valence-electron chi connectivity index (χ1n) is 8.94. The topological polar surface area (TPSA) is 75.6 Å². The van der Waals surface area contributed by atoms with Crippen LogP contribution in [0.5, 0.6) is 5.75 Å². The van der Waals surface area contributed by atoms with Crippen molar-refractivity contribution in [2.75, 3.05) is 17.6 Å². The smallest absolute Gasteiger partial charge is 0.229 e. The molecule has 146 valence electrons. The summed E-state index contributed by atoms with van der Waals surface area (Å²) in [7, 11) is -3.39. The van der Waals surface area contributed by atoms with Crippen molar-refractivity contribution < 1.29 is 18.3 Å². The molecule has 2 heterocycles. The van der Waals surface area contributed by atoms with Crippen LogP contribution >= 0.6 is 11.3 Å². The second kappa shape index (κ2) is 7.58. The number of thiophene rings is 1. The fourth-order valence-corrected chi connectivity index (χ4v) is 4.78. The van der Waals surface area contributed by atoms with Crippen molar-refractivity contribution in [2.24, 2.45) is 5.92 Å². The summed E-state index contributed by atoms with van der Waals surface area (Å²) in [5, 5.41) is 15.0. The highest BCUT2D eigenvalue weighted by Crippen LogP contribution is 2.40. The van der Waals surface area contributed by atoms with Gasteiger partial charge in [-0.1, -0.05) is 30.3 Å². The van der Waals surface area contributed by atoms with Gasteiger partial charge < -0.3 is 9.84 Å². The Balaban J connectivity index is 1.63. The normalized spacial score (nSPS) is 18.9. The third-order valence-corrected chi connectivity index (χ3v) is 6.17. The molecule has 0 fully saturated rings. The summed E-state index contributed by atoms with van der Waals surface area (Å²) < 4.78 is 31.8. The number of ether oxygens (including phenoxy) is 1. The maximum absolute atomic E-state index is 11.7.